The highest BCUT2D eigenvalue weighted by Gasteiger charge is 2.11. The summed E-state index contributed by atoms with van der Waals surface area (Å²) < 4.78 is 33.7. The van der Waals surface area contributed by atoms with Crippen LogP contribution >= 0.6 is 0 Å². The van der Waals surface area contributed by atoms with Crippen molar-refractivity contribution in [2.24, 2.45) is 5.10 Å². The van der Waals surface area contributed by atoms with Gasteiger partial charge in [-0.05, 0) is 49.7 Å². The summed E-state index contributed by atoms with van der Waals surface area (Å²) >= 11 is 0. The zero-order valence-electron chi connectivity index (χ0n) is 15.6. The third-order valence-corrected chi connectivity index (χ3v) is 4.88. The largest absolute Gasteiger partial charge is 0.493 e. The molecule has 0 saturated heterocycles. The lowest BCUT2D eigenvalue weighted by atomic mass is 10.1. The fourth-order valence-electron chi connectivity index (χ4n) is 2.29. The lowest BCUT2D eigenvalue weighted by molar-refractivity contribution is 0.0954. The third-order valence-electron chi connectivity index (χ3n) is 3.75. The number of hydrogen-bond donors (Lipinski definition) is 1. The number of hydrogen-bond acceptors (Lipinski definition) is 6. The zero-order chi connectivity index (χ0) is 20.0. The number of methoxy groups -OCH3 is 1. The average molecular weight is 390 g/mol. The van der Waals surface area contributed by atoms with Crippen LogP contribution in [0.2, 0.25) is 0 Å². The van der Waals surface area contributed by atoms with Crippen LogP contribution in [0.4, 0.5) is 0 Å². The molecule has 7 nitrogen and oxygen atoms in total. The second-order valence-corrected chi connectivity index (χ2v) is 7.75. The molecule has 8 heteroatoms. The van der Waals surface area contributed by atoms with E-state index in [1.165, 1.54) is 19.2 Å². The van der Waals surface area contributed by atoms with E-state index in [1.54, 1.807) is 37.3 Å². The maximum Gasteiger partial charge on any atom is 0.271 e. The first-order valence-corrected chi connectivity index (χ1v) is 10.1. The second kappa shape index (κ2) is 8.68. The average Bonchev–Trinajstić information content (AvgIpc) is 2.65. The van der Waals surface area contributed by atoms with Crippen molar-refractivity contribution in [1.29, 1.82) is 0 Å². The SMILES string of the molecule is CCOc1ccc(C(=O)N/N=C(/C)c2ccc(S(C)(=O)=O)cc2)cc1OC. The summed E-state index contributed by atoms with van der Waals surface area (Å²) in [6.07, 6.45) is 1.15. The van der Waals surface area contributed by atoms with E-state index < -0.39 is 15.7 Å². The lowest BCUT2D eigenvalue weighted by Crippen LogP contribution is -2.19. The molecule has 144 valence electrons. The molecule has 2 aromatic carbocycles. The Morgan fingerprint density at radius 2 is 1.70 bits per heavy atom. The molecule has 0 radical (unpaired) electrons. The predicted molar refractivity (Wildman–Crippen MR) is 103 cm³/mol. The molecule has 1 N–H and O–H groups in total. The molecule has 0 spiro atoms. The normalized spacial score (nSPS) is 11.8. The van der Waals surface area contributed by atoms with Gasteiger partial charge in [-0.15, -0.1) is 0 Å². The Balaban J connectivity index is 2.13. The van der Waals surface area contributed by atoms with Crippen molar-refractivity contribution in [1.82, 2.24) is 5.43 Å². The number of rotatable bonds is 7. The molecule has 27 heavy (non-hydrogen) atoms. The van der Waals surface area contributed by atoms with Gasteiger partial charge in [0.2, 0.25) is 0 Å². The summed E-state index contributed by atoms with van der Waals surface area (Å²) in [5, 5.41) is 4.07. The topological polar surface area (TPSA) is 94.1 Å². The van der Waals surface area contributed by atoms with Crippen LogP contribution in [0, 0.1) is 0 Å². The minimum absolute atomic E-state index is 0.226. The number of nitrogens with zero attached hydrogens (tertiary/aromatic N) is 1. The van der Waals surface area contributed by atoms with Crippen LogP contribution in [0.1, 0.15) is 29.8 Å². The van der Waals surface area contributed by atoms with E-state index in [9.17, 15) is 13.2 Å². The van der Waals surface area contributed by atoms with E-state index in [4.69, 9.17) is 9.47 Å². The number of hydrazone groups is 1. The van der Waals surface area contributed by atoms with Gasteiger partial charge >= 0.3 is 0 Å². The molecular weight excluding hydrogens is 368 g/mol. The quantitative estimate of drug-likeness (QED) is 0.579. The molecule has 0 heterocycles. The third kappa shape index (κ3) is 5.30. The van der Waals surface area contributed by atoms with E-state index in [-0.39, 0.29) is 4.90 Å². The van der Waals surface area contributed by atoms with Gasteiger partial charge in [-0.25, -0.2) is 13.8 Å². The summed E-state index contributed by atoms with van der Waals surface area (Å²) in [6.45, 7) is 4.07. The fourth-order valence-corrected chi connectivity index (χ4v) is 2.92. The molecule has 0 aromatic heterocycles. The molecule has 0 bridgehead atoms. The fraction of sp³-hybridized carbons (Fsp3) is 0.263. The smallest absolute Gasteiger partial charge is 0.271 e. The zero-order valence-corrected chi connectivity index (χ0v) is 16.5. The van der Waals surface area contributed by atoms with Crippen molar-refractivity contribution in [3.63, 3.8) is 0 Å². The number of benzene rings is 2. The Morgan fingerprint density at radius 1 is 1.07 bits per heavy atom. The van der Waals surface area contributed by atoms with Crippen molar-refractivity contribution >= 4 is 21.5 Å². The molecule has 2 rings (SSSR count). The summed E-state index contributed by atoms with van der Waals surface area (Å²) in [5.41, 5.74) is 4.10. The molecular formula is C19H22N2O5S. The summed E-state index contributed by atoms with van der Waals surface area (Å²) in [6, 6.07) is 11.1. The maximum atomic E-state index is 12.3. The first-order valence-electron chi connectivity index (χ1n) is 8.22. The van der Waals surface area contributed by atoms with Crippen molar-refractivity contribution < 1.29 is 22.7 Å². The summed E-state index contributed by atoms with van der Waals surface area (Å²) in [7, 11) is -1.75. The Hall–Kier alpha value is -2.87. The van der Waals surface area contributed by atoms with Gasteiger partial charge in [0.05, 0.1) is 24.3 Å². The van der Waals surface area contributed by atoms with Gasteiger partial charge in [0, 0.05) is 11.8 Å². The van der Waals surface area contributed by atoms with E-state index >= 15 is 0 Å². The van der Waals surface area contributed by atoms with E-state index in [1.807, 2.05) is 6.92 Å². The Morgan fingerprint density at radius 3 is 2.26 bits per heavy atom. The van der Waals surface area contributed by atoms with Gasteiger partial charge in [-0.2, -0.15) is 5.10 Å². The van der Waals surface area contributed by atoms with Gasteiger partial charge in [0.15, 0.2) is 21.3 Å². The molecule has 0 fully saturated rings. The number of nitrogens with one attached hydrogen (secondary N) is 1. The van der Waals surface area contributed by atoms with Crippen molar-refractivity contribution in [2.45, 2.75) is 18.7 Å². The standard InChI is InChI=1S/C19H22N2O5S/c1-5-26-17-11-8-15(12-18(17)25-3)19(22)21-20-13(2)14-6-9-16(10-7-14)27(4,23)24/h6-12H,5H2,1-4H3,(H,21,22)/b20-13-. The van der Waals surface area contributed by atoms with Crippen LogP contribution in [0.3, 0.4) is 0 Å². The van der Waals surface area contributed by atoms with Gasteiger partial charge in [-0.3, -0.25) is 4.79 Å². The molecule has 0 aliphatic carbocycles. The first kappa shape index (κ1) is 20.4. The summed E-state index contributed by atoms with van der Waals surface area (Å²) in [4.78, 5) is 12.5. The minimum Gasteiger partial charge on any atom is -0.493 e. The van der Waals surface area contributed by atoms with Crippen LogP contribution in [-0.4, -0.2) is 40.0 Å². The molecule has 0 aliphatic heterocycles. The first-order chi connectivity index (χ1) is 12.8. The number of carbonyl (C=O) groups excluding carboxylic acids is 1. The number of carbonyl (C=O) groups is 1. The van der Waals surface area contributed by atoms with Gasteiger partial charge in [0.1, 0.15) is 0 Å². The van der Waals surface area contributed by atoms with E-state index in [0.29, 0.717) is 34.9 Å². The van der Waals surface area contributed by atoms with Crippen LogP contribution < -0.4 is 14.9 Å². The van der Waals surface area contributed by atoms with Crippen LogP contribution in [-0.2, 0) is 9.84 Å². The minimum atomic E-state index is -3.25. The Labute approximate surface area is 158 Å². The van der Waals surface area contributed by atoms with Crippen molar-refractivity contribution in [2.75, 3.05) is 20.0 Å². The lowest BCUT2D eigenvalue weighted by Gasteiger charge is -2.10. The maximum absolute atomic E-state index is 12.3. The molecule has 0 aliphatic rings. The predicted octanol–water partition coefficient (Wildman–Crippen LogP) is 2.65. The molecule has 0 unspecified atom stereocenters. The number of amides is 1. The molecule has 1 amide bonds. The molecule has 0 saturated carbocycles. The highest BCUT2D eigenvalue weighted by atomic mass is 32.2. The van der Waals surface area contributed by atoms with Crippen LogP contribution in [0.15, 0.2) is 52.5 Å². The molecule has 2 aromatic rings. The summed E-state index contributed by atoms with van der Waals surface area (Å²) in [5.74, 6) is 0.618. The van der Waals surface area contributed by atoms with Crippen molar-refractivity contribution in [3.8, 4) is 11.5 Å². The molecule has 0 atom stereocenters. The highest BCUT2D eigenvalue weighted by molar-refractivity contribution is 7.90. The van der Waals surface area contributed by atoms with Crippen LogP contribution in [0.5, 0.6) is 11.5 Å². The Kier molecular flexibility index (Phi) is 6.57. The highest BCUT2D eigenvalue weighted by Crippen LogP contribution is 2.28. The van der Waals surface area contributed by atoms with Crippen LogP contribution in [0.25, 0.3) is 0 Å². The van der Waals surface area contributed by atoms with Crippen molar-refractivity contribution in [3.05, 3.63) is 53.6 Å². The van der Waals surface area contributed by atoms with Gasteiger partial charge < -0.3 is 9.47 Å². The van der Waals surface area contributed by atoms with E-state index in [2.05, 4.69) is 10.5 Å². The number of ether oxygens (including phenoxy) is 2. The van der Waals surface area contributed by atoms with E-state index in [0.717, 1.165) is 6.26 Å². The van der Waals surface area contributed by atoms with Gasteiger partial charge in [-0.1, -0.05) is 12.1 Å². The number of sulfone groups is 1. The monoisotopic (exact) mass is 390 g/mol. The Bertz CT molecular complexity index is 951. The van der Waals surface area contributed by atoms with Gasteiger partial charge in [0.25, 0.3) is 5.91 Å². The second-order valence-electron chi connectivity index (χ2n) is 5.73.